The Morgan fingerprint density at radius 2 is 1.37 bits per heavy atom. The molecule has 0 spiro atoms. The van der Waals surface area contributed by atoms with Crippen molar-refractivity contribution in [1.29, 1.82) is 0 Å². The summed E-state index contributed by atoms with van der Waals surface area (Å²) in [5.41, 5.74) is 5.47. The number of carboxylic acid groups (broad SMARTS) is 3. The lowest BCUT2D eigenvalue weighted by Gasteiger charge is -2.23. The molecule has 3 amide bonds. The number of amides is 3. The number of carboxylic acids is 3. The number of rotatable bonds is 14. The molecule has 0 saturated heterocycles. The van der Waals surface area contributed by atoms with E-state index in [-0.39, 0.29) is 6.42 Å². The maximum Gasteiger partial charge on any atom is 0.326 e. The Morgan fingerprint density at radius 3 is 1.83 bits per heavy atom. The predicted octanol–water partition coefficient (Wildman–Crippen LogP) is -2.42. The van der Waals surface area contributed by atoms with Gasteiger partial charge in [0, 0.05) is 0 Å². The van der Waals surface area contributed by atoms with Gasteiger partial charge in [-0.15, -0.1) is 0 Å². The van der Waals surface area contributed by atoms with Gasteiger partial charge < -0.3 is 37.0 Å². The number of carbonyl (C=O) groups excluding carboxylic acids is 3. The van der Waals surface area contributed by atoms with Gasteiger partial charge in [-0.05, 0) is 25.4 Å². The van der Waals surface area contributed by atoms with Gasteiger partial charge in [-0.2, -0.15) is 11.8 Å². The van der Waals surface area contributed by atoms with Gasteiger partial charge in [0.25, 0.3) is 0 Å². The number of carbonyl (C=O) groups is 6. The molecule has 170 valence electrons. The molecule has 4 atom stereocenters. The smallest absolute Gasteiger partial charge is 0.326 e. The zero-order valence-corrected chi connectivity index (χ0v) is 17.2. The molecule has 4 unspecified atom stereocenters. The largest absolute Gasteiger partial charge is 0.481 e. The summed E-state index contributed by atoms with van der Waals surface area (Å²) in [6.45, 7) is 1.25. The standard InChI is InChI=1S/C16H26N4O9S/c1-7(13(25)20-10(16(28)29)6-12(23)24)18-15(27)9(3-4-30-2)19-14(26)8(17)5-11(21)22/h7-10H,3-6,17H2,1-2H3,(H,18,27)(H,19,26)(H,20,25)(H,21,22)(H,23,24)(H,28,29). The van der Waals surface area contributed by atoms with E-state index in [4.69, 9.17) is 21.1 Å². The molecule has 0 aliphatic heterocycles. The van der Waals surface area contributed by atoms with Gasteiger partial charge in [0.1, 0.15) is 18.1 Å². The Kier molecular flexibility index (Phi) is 12.1. The monoisotopic (exact) mass is 450 g/mol. The Balaban J connectivity index is 5.04. The zero-order valence-electron chi connectivity index (χ0n) is 16.4. The summed E-state index contributed by atoms with van der Waals surface area (Å²) in [5, 5.41) is 33.0. The van der Waals surface area contributed by atoms with E-state index < -0.39 is 72.6 Å². The summed E-state index contributed by atoms with van der Waals surface area (Å²) >= 11 is 1.38. The fourth-order valence-corrected chi connectivity index (χ4v) is 2.59. The van der Waals surface area contributed by atoms with Crippen LogP contribution in [0.25, 0.3) is 0 Å². The minimum atomic E-state index is -1.68. The molecule has 0 radical (unpaired) electrons. The van der Waals surface area contributed by atoms with Gasteiger partial charge in [0.05, 0.1) is 18.9 Å². The fourth-order valence-electron chi connectivity index (χ4n) is 2.12. The molecular weight excluding hydrogens is 424 g/mol. The first-order valence-electron chi connectivity index (χ1n) is 8.71. The van der Waals surface area contributed by atoms with Crippen molar-refractivity contribution in [2.45, 2.75) is 50.4 Å². The Labute approximate surface area is 176 Å². The summed E-state index contributed by atoms with van der Waals surface area (Å²) in [5.74, 6) is -6.39. The molecule has 0 aromatic rings. The number of nitrogens with one attached hydrogen (secondary N) is 3. The summed E-state index contributed by atoms with van der Waals surface area (Å²) < 4.78 is 0. The molecule has 8 N–H and O–H groups in total. The van der Waals surface area contributed by atoms with Crippen molar-refractivity contribution in [1.82, 2.24) is 16.0 Å². The highest BCUT2D eigenvalue weighted by atomic mass is 32.2. The number of thioether (sulfide) groups is 1. The minimum absolute atomic E-state index is 0.156. The van der Waals surface area contributed by atoms with E-state index in [2.05, 4.69) is 10.6 Å². The van der Waals surface area contributed by atoms with E-state index in [9.17, 15) is 28.8 Å². The highest BCUT2D eigenvalue weighted by Crippen LogP contribution is 2.03. The Morgan fingerprint density at radius 1 is 0.833 bits per heavy atom. The third-order valence-electron chi connectivity index (χ3n) is 3.72. The third-order valence-corrected chi connectivity index (χ3v) is 4.36. The van der Waals surface area contributed by atoms with Gasteiger partial charge in [0.15, 0.2) is 0 Å². The van der Waals surface area contributed by atoms with Crippen LogP contribution in [0.15, 0.2) is 0 Å². The topological polar surface area (TPSA) is 225 Å². The zero-order chi connectivity index (χ0) is 23.4. The molecule has 0 heterocycles. The van der Waals surface area contributed by atoms with E-state index in [1.165, 1.54) is 18.7 Å². The summed E-state index contributed by atoms with van der Waals surface area (Å²) in [6.07, 6.45) is 0.429. The van der Waals surface area contributed by atoms with E-state index in [1.54, 1.807) is 6.26 Å². The minimum Gasteiger partial charge on any atom is -0.481 e. The first kappa shape index (κ1) is 27.1. The summed E-state index contributed by atoms with van der Waals surface area (Å²) in [7, 11) is 0. The van der Waals surface area contributed by atoms with Gasteiger partial charge in [-0.1, -0.05) is 0 Å². The van der Waals surface area contributed by atoms with Crippen LogP contribution in [0.4, 0.5) is 0 Å². The molecule has 13 nitrogen and oxygen atoms in total. The van der Waals surface area contributed by atoms with Crippen molar-refractivity contribution in [2.24, 2.45) is 5.73 Å². The predicted molar refractivity (Wildman–Crippen MR) is 105 cm³/mol. The van der Waals surface area contributed by atoms with E-state index in [0.717, 1.165) is 0 Å². The molecular formula is C16H26N4O9S. The van der Waals surface area contributed by atoms with Crippen molar-refractivity contribution in [2.75, 3.05) is 12.0 Å². The molecule has 14 heteroatoms. The highest BCUT2D eigenvalue weighted by Gasteiger charge is 2.29. The highest BCUT2D eigenvalue weighted by molar-refractivity contribution is 7.98. The molecule has 30 heavy (non-hydrogen) atoms. The van der Waals surface area contributed by atoms with Crippen LogP contribution in [0.2, 0.25) is 0 Å². The van der Waals surface area contributed by atoms with Crippen LogP contribution in [0.1, 0.15) is 26.2 Å². The second-order valence-electron chi connectivity index (χ2n) is 6.27. The van der Waals surface area contributed by atoms with Crippen molar-refractivity contribution in [3.05, 3.63) is 0 Å². The lowest BCUT2D eigenvalue weighted by molar-refractivity contribution is -0.147. The van der Waals surface area contributed by atoms with Crippen LogP contribution in [0.3, 0.4) is 0 Å². The molecule has 0 aliphatic rings. The van der Waals surface area contributed by atoms with Gasteiger partial charge in [0.2, 0.25) is 17.7 Å². The summed E-state index contributed by atoms with van der Waals surface area (Å²) in [4.78, 5) is 69.0. The van der Waals surface area contributed by atoms with Crippen molar-refractivity contribution >= 4 is 47.4 Å². The van der Waals surface area contributed by atoms with Crippen LogP contribution in [-0.4, -0.2) is 87.1 Å². The van der Waals surface area contributed by atoms with Crippen molar-refractivity contribution < 1.29 is 44.1 Å². The molecule has 0 aliphatic carbocycles. The maximum absolute atomic E-state index is 12.5. The number of aliphatic carboxylic acids is 3. The van der Waals surface area contributed by atoms with Crippen LogP contribution >= 0.6 is 11.8 Å². The quantitative estimate of drug-likeness (QED) is 0.147. The normalized spacial score (nSPS) is 14.5. The SMILES string of the molecule is CSCCC(NC(=O)C(N)CC(=O)O)C(=O)NC(C)C(=O)NC(CC(=O)O)C(=O)O. The lowest BCUT2D eigenvalue weighted by Crippen LogP contribution is -2.56. The van der Waals surface area contributed by atoms with Crippen LogP contribution in [0.5, 0.6) is 0 Å². The van der Waals surface area contributed by atoms with Gasteiger partial charge in [-0.3, -0.25) is 24.0 Å². The number of hydrogen-bond acceptors (Lipinski definition) is 8. The van der Waals surface area contributed by atoms with E-state index in [0.29, 0.717) is 5.75 Å². The molecule has 0 bridgehead atoms. The molecule has 0 rings (SSSR count). The Hall–Kier alpha value is -2.87. The second-order valence-corrected chi connectivity index (χ2v) is 7.26. The molecule has 0 aromatic carbocycles. The van der Waals surface area contributed by atoms with Crippen LogP contribution < -0.4 is 21.7 Å². The third kappa shape index (κ3) is 10.6. The first-order valence-corrected chi connectivity index (χ1v) is 10.1. The first-order chi connectivity index (χ1) is 13.9. The number of nitrogens with two attached hydrogens (primary N) is 1. The molecule has 0 fully saturated rings. The maximum atomic E-state index is 12.5. The average Bonchev–Trinajstić information content (AvgIpc) is 2.62. The number of hydrogen-bond donors (Lipinski definition) is 7. The average molecular weight is 450 g/mol. The molecule has 0 saturated carbocycles. The fraction of sp³-hybridized carbons (Fsp3) is 0.625. The van der Waals surface area contributed by atoms with E-state index >= 15 is 0 Å². The van der Waals surface area contributed by atoms with Crippen molar-refractivity contribution in [3.63, 3.8) is 0 Å². The van der Waals surface area contributed by atoms with Gasteiger partial charge in [-0.25, -0.2) is 4.79 Å². The lowest BCUT2D eigenvalue weighted by atomic mass is 10.1. The van der Waals surface area contributed by atoms with E-state index in [1.807, 2.05) is 5.32 Å². The second kappa shape index (κ2) is 13.4. The van der Waals surface area contributed by atoms with Crippen LogP contribution in [-0.2, 0) is 28.8 Å². The van der Waals surface area contributed by atoms with Gasteiger partial charge >= 0.3 is 17.9 Å². The summed E-state index contributed by atoms with van der Waals surface area (Å²) in [6, 6.07) is -5.42. The molecule has 0 aromatic heterocycles. The van der Waals surface area contributed by atoms with Crippen molar-refractivity contribution in [3.8, 4) is 0 Å². The van der Waals surface area contributed by atoms with Crippen LogP contribution in [0, 0.1) is 0 Å². The Bertz CT molecular complexity index is 673.